The van der Waals surface area contributed by atoms with Gasteiger partial charge in [0, 0.05) is 54.0 Å². The molecule has 2 fully saturated rings. The lowest BCUT2D eigenvalue weighted by atomic mass is 9.80. The summed E-state index contributed by atoms with van der Waals surface area (Å²) in [6.07, 6.45) is 1.09. The number of anilines is 1. The molecule has 2 aromatic heterocycles. The van der Waals surface area contributed by atoms with Gasteiger partial charge in [-0.25, -0.2) is 4.98 Å². The summed E-state index contributed by atoms with van der Waals surface area (Å²) in [5.74, 6) is 0.701. The van der Waals surface area contributed by atoms with Crippen LogP contribution in [-0.4, -0.2) is 58.7 Å². The highest BCUT2D eigenvalue weighted by atomic mass is 35.5. The number of aliphatic hydroxyl groups is 1. The summed E-state index contributed by atoms with van der Waals surface area (Å²) in [7, 11) is 0. The molecule has 1 N–H and O–H groups in total. The molecule has 2 aliphatic heterocycles. The average Bonchev–Trinajstić information content (AvgIpc) is 3.18. The quantitative estimate of drug-likeness (QED) is 0.419. The number of benzene rings is 1. The van der Waals surface area contributed by atoms with Crippen molar-refractivity contribution in [3.63, 3.8) is 0 Å². The molecule has 0 spiro atoms. The molecule has 5 nitrogen and oxygen atoms in total. The molecular formula is C26H29Cl2F3N4O. The van der Waals surface area contributed by atoms with Crippen LogP contribution < -0.4 is 4.90 Å². The van der Waals surface area contributed by atoms with E-state index in [1.165, 1.54) is 12.5 Å². The van der Waals surface area contributed by atoms with Crippen molar-refractivity contribution in [1.82, 2.24) is 14.3 Å². The third kappa shape index (κ3) is 4.93. The van der Waals surface area contributed by atoms with Gasteiger partial charge in [-0.1, -0.05) is 36.2 Å². The van der Waals surface area contributed by atoms with Gasteiger partial charge in [0.2, 0.25) is 0 Å². The number of rotatable bonds is 6. The van der Waals surface area contributed by atoms with Gasteiger partial charge in [-0.3, -0.25) is 0 Å². The van der Waals surface area contributed by atoms with Crippen LogP contribution in [0.15, 0.2) is 36.7 Å². The molecule has 3 aromatic rings. The Morgan fingerprint density at radius 1 is 1.14 bits per heavy atom. The second kappa shape index (κ2) is 10.0. The molecule has 0 unspecified atom stereocenters. The van der Waals surface area contributed by atoms with Gasteiger partial charge in [0.25, 0.3) is 0 Å². The first-order valence-electron chi connectivity index (χ1n) is 12.3. The third-order valence-electron chi connectivity index (χ3n) is 7.70. The number of hydrogen-bond donors (Lipinski definition) is 1. The van der Waals surface area contributed by atoms with E-state index in [2.05, 4.69) is 14.8 Å². The van der Waals surface area contributed by atoms with Gasteiger partial charge in [-0.05, 0) is 55.0 Å². The van der Waals surface area contributed by atoms with E-state index in [4.69, 9.17) is 23.2 Å². The minimum Gasteiger partial charge on any atom is -0.395 e. The Morgan fingerprint density at radius 2 is 1.92 bits per heavy atom. The molecule has 194 valence electrons. The lowest BCUT2D eigenvalue weighted by Crippen LogP contribution is -2.53. The van der Waals surface area contributed by atoms with Crippen molar-refractivity contribution in [2.24, 2.45) is 11.8 Å². The van der Waals surface area contributed by atoms with E-state index < -0.39 is 17.7 Å². The molecule has 2 aliphatic rings. The first kappa shape index (κ1) is 25.6. The number of alkyl halides is 3. The minimum absolute atomic E-state index is 0.109. The lowest BCUT2D eigenvalue weighted by molar-refractivity contribution is -0.136. The van der Waals surface area contributed by atoms with Crippen LogP contribution in [0.2, 0.25) is 10.0 Å². The van der Waals surface area contributed by atoms with E-state index in [1.807, 2.05) is 6.92 Å². The van der Waals surface area contributed by atoms with Gasteiger partial charge >= 0.3 is 6.18 Å². The number of halogens is 5. The molecule has 5 rings (SSSR count). The number of aliphatic hydroxyl groups excluding tert-OH is 1. The zero-order chi connectivity index (χ0) is 25.6. The molecule has 36 heavy (non-hydrogen) atoms. The van der Waals surface area contributed by atoms with E-state index in [0.29, 0.717) is 39.7 Å². The molecule has 0 saturated carbocycles. The number of β-amino-alcohol motifs (C(OH)–C–C–N with tert-alkyl or cyclic N) is 1. The van der Waals surface area contributed by atoms with E-state index in [-0.39, 0.29) is 12.3 Å². The molecule has 10 heteroatoms. The predicted octanol–water partition coefficient (Wildman–Crippen LogP) is 5.95. The van der Waals surface area contributed by atoms with Gasteiger partial charge in [0.05, 0.1) is 18.5 Å². The van der Waals surface area contributed by atoms with Crippen LogP contribution in [0.1, 0.15) is 42.5 Å². The Morgan fingerprint density at radius 3 is 2.61 bits per heavy atom. The fourth-order valence-corrected chi connectivity index (χ4v) is 6.23. The summed E-state index contributed by atoms with van der Waals surface area (Å²) in [4.78, 5) is 8.77. The van der Waals surface area contributed by atoms with Crippen LogP contribution in [0.4, 0.5) is 18.9 Å². The fourth-order valence-electron chi connectivity index (χ4n) is 5.65. The summed E-state index contributed by atoms with van der Waals surface area (Å²) in [6, 6.07) is 6.23. The first-order valence-corrected chi connectivity index (χ1v) is 13.0. The molecule has 2 atom stereocenters. The Bertz CT molecular complexity index is 1240. The fraction of sp³-hybridized carbons (Fsp3) is 0.500. The molecule has 0 radical (unpaired) electrons. The number of piperidine rings is 1. The molecule has 2 saturated heterocycles. The van der Waals surface area contributed by atoms with Gasteiger partial charge < -0.3 is 19.3 Å². The average molecular weight is 541 g/mol. The number of hydrogen-bond acceptors (Lipinski definition) is 4. The van der Waals surface area contributed by atoms with Crippen LogP contribution in [0.25, 0.3) is 5.65 Å². The highest BCUT2D eigenvalue weighted by Crippen LogP contribution is 2.40. The Hall–Kier alpha value is -2.00. The van der Waals surface area contributed by atoms with Gasteiger partial charge in [0.1, 0.15) is 11.2 Å². The monoisotopic (exact) mass is 540 g/mol. The van der Waals surface area contributed by atoms with Crippen molar-refractivity contribution in [3.05, 3.63) is 63.5 Å². The Kier molecular flexibility index (Phi) is 7.15. The predicted molar refractivity (Wildman–Crippen MR) is 136 cm³/mol. The highest BCUT2D eigenvalue weighted by Gasteiger charge is 2.38. The minimum atomic E-state index is -4.52. The maximum atomic E-state index is 13.9. The molecule has 0 aliphatic carbocycles. The maximum absolute atomic E-state index is 13.9. The first-order chi connectivity index (χ1) is 17.2. The van der Waals surface area contributed by atoms with Crippen LogP contribution in [-0.2, 0) is 6.18 Å². The van der Waals surface area contributed by atoms with Gasteiger partial charge in [0.15, 0.2) is 0 Å². The smallest absolute Gasteiger partial charge is 0.395 e. The number of fused-ring (bicyclic) bond motifs is 1. The molecule has 4 heterocycles. The maximum Gasteiger partial charge on any atom is 0.420 e. The van der Waals surface area contributed by atoms with Crippen molar-refractivity contribution in [3.8, 4) is 0 Å². The topological polar surface area (TPSA) is 44.0 Å². The summed E-state index contributed by atoms with van der Waals surface area (Å²) >= 11 is 12.4. The number of aromatic nitrogens is 2. The summed E-state index contributed by atoms with van der Waals surface area (Å²) in [6.45, 7) is 6.45. The molecule has 0 amide bonds. The van der Waals surface area contributed by atoms with Crippen LogP contribution in [0.5, 0.6) is 0 Å². The number of nitrogens with zero attached hydrogens (tertiary/aromatic N) is 4. The van der Waals surface area contributed by atoms with Crippen molar-refractivity contribution < 1.29 is 18.3 Å². The van der Waals surface area contributed by atoms with E-state index in [0.717, 1.165) is 38.3 Å². The second-order valence-electron chi connectivity index (χ2n) is 9.97. The second-order valence-corrected chi connectivity index (χ2v) is 10.8. The normalized spacial score (nSPS) is 20.6. The lowest BCUT2D eigenvalue weighted by Gasteiger charge is -2.47. The van der Waals surface area contributed by atoms with Crippen LogP contribution >= 0.6 is 23.2 Å². The van der Waals surface area contributed by atoms with Crippen LogP contribution in [0.3, 0.4) is 0 Å². The molecule has 1 aromatic carbocycles. The van der Waals surface area contributed by atoms with E-state index in [1.54, 1.807) is 35.0 Å². The SMILES string of the molecule is C[C@H](c1ccc(Cl)cc1Cl)c1cc(C(F)(F)F)c2ncc(N3CC([C@H]4CCCN(CCO)C4)C3)cn12. The molecule has 0 bridgehead atoms. The Labute approximate surface area is 218 Å². The van der Waals surface area contributed by atoms with Crippen molar-refractivity contribution in [2.75, 3.05) is 44.2 Å². The summed E-state index contributed by atoms with van der Waals surface area (Å²) in [5.41, 5.74) is 1.12. The third-order valence-corrected chi connectivity index (χ3v) is 8.26. The standard InChI is InChI=1S/C26H29Cl2F3N4O/c1-16(21-5-4-19(27)9-23(21)28)24-10-22(26(29,30)31)25-32-11-20(15-35(24)25)34-13-18(14-34)17-3-2-6-33(12-17)7-8-36/h4-5,9-11,15-18,36H,2-3,6-8,12-14H2,1H3/t16-,17+/m1/s1. The summed E-state index contributed by atoms with van der Waals surface area (Å²) in [5, 5.41) is 10.1. The van der Waals surface area contributed by atoms with E-state index >= 15 is 0 Å². The van der Waals surface area contributed by atoms with Crippen molar-refractivity contribution in [2.45, 2.75) is 31.9 Å². The van der Waals surface area contributed by atoms with Gasteiger partial charge in [-0.2, -0.15) is 13.2 Å². The zero-order valence-electron chi connectivity index (χ0n) is 20.0. The van der Waals surface area contributed by atoms with Crippen molar-refractivity contribution >= 4 is 34.5 Å². The largest absolute Gasteiger partial charge is 0.420 e. The van der Waals surface area contributed by atoms with E-state index in [9.17, 15) is 18.3 Å². The molecular weight excluding hydrogens is 512 g/mol. The Balaban J connectivity index is 1.42. The van der Waals surface area contributed by atoms with Gasteiger partial charge in [-0.15, -0.1) is 0 Å². The summed E-state index contributed by atoms with van der Waals surface area (Å²) < 4.78 is 43.2. The van der Waals surface area contributed by atoms with Crippen LogP contribution in [0, 0.1) is 11.8 Å². The van der Waals surface area contributed by atoms with Crippen molar-refractivity contribution in [1.29, 1.82) is 0 Å². The number of likely N-dealkylation sites (tertiary alicyclic amines) is 1. The zero-order valence-corrected chi connectivity index (χ0v) is 21.5. The highest BCUT2D eigenvalue weighted by molar-refractivity contribution is 6.35.